The van der Waals surface area contributed by atoms with E-state index in [2.05, 4.69) is 10.6 Å². The monoisotopic (exact) mass is 280 g/mol. The SMILES string of the molecule is CC(C)c1ccccc1NC(=O)N[C@H](C(=O)O)[C@@H](C)O. The van der Waals surface area contributed by atoms with E-state index in [9.17, 15) is 14.7 Å². The van der Waals surface area contributed by atoms with Gasteiger partial charge in [0.1, 0.15) is 0 Å². The van der Waals surface area contributed by atoms with Gasteiger partial charge >= 0.3 is 12.0 Å². The second-order valence-electron chi connectivity index (χ2n) is 4.90. The van der Waals surface area contributed by atoms with Crippen LogP contribution in [0.25, 0.3) is 0 Å². The van der Waals surface area contributed by atoms with Crippen molar-refractivity contribution in [3.63, 3.8) is 0 Å². The van der Waals surface area contributed by atoms with Crippen LogP contribution >= 0.6 is 0 Å². The summed E-state index contributed by atoms with van der Waals surface area (Å²) >= 11 is 0. The molecule has 6 heteroatoms. The third kappa shape index (κ3) is 4.24. The predicted molar refractivity (Wildman–Crippen MR) is 75.8 cm³/mol. The summed E-state index contributed by atoms with van der Waals surface area (Å²) in [6.07, 6.45) is -1.18. The Morgan fingerprint density at radius 2 is 1.75 bits per heavy atom. The molecule has 0 aliphatic carbocycles. The predicted octanol–water partition coefficient (Wildman–Crippen LogP) is 1.77. The fourth-order valence-corrected chi connectivity index (χ4v) is 1.80. The average molecular weight is 280 g/mol. The highest BCUT2D eigenvalue weighted by Crippen LogP contribution is 2.23. The van der Waals surface area contributed by atoms with E-state index >= 15 is 0 Å². The van der Waals surface area contributed by atoms with Crippen LogP contribution in [0.3, 0.4) is 0 Å². The lowest BCUT2D eigenvalue weighted by atomic mass is 10.0. The molecule has 0 fully saturated rings. The molecule has 4 N–H and O–H groups in total. The van der Waals surface area contributed by atoms with Crippen molar-refractivity contribution in [3.05, 3.63) is 29.8 Å². The minimum atomic E-state index is -1.35. The molecule has 0 aromatic heterocycles. The number of carbonyl (C=O) groups excluding carboxylic acids is 1. The number of para-hydroxylation sites is 1. The molecule has 20 heavy (non-hydrogen) atoms. The number of urea groups is 1. The molecule has 6 nitrogen and oxygen atoms in total. The van der Waals surface area contributed by atoms with Gasteiger partial charge in [-0.1, -0.05) is 32.0 Å². The first-order chi connectivity index (χ1) is 9.32. The van der Waals surface area contributed by atoms with Gasteiger partial charge in [0.15, 0.2) is 6.04 Å². The van der Waals surface area contributed by atoms with Gasteiger partial charge in [-0.2, -0.15) is 0 Å². The number of amides is 2. The van der Waals surface area contributed by atoms with Gasteiger partial charge < -0.3 is 20.8 Å². The van der Waals surface area contributed by atoms with Crippen LogP contribution in [0.5, 0.6) is 0 Å². The van der Waals surface area contributed by atoms with Crippen LogP contribution in [0.1, 0.15) is 32.3 Å². The quantitative estimate of drug-likeness (QED) is 0.660. The first kappa shape index (κ1) is 16.0. The summed E-state index contributed by atoms with van der Waals surface area (Å²) in [6.45, 7) is 5.30. The van der Waals surface area contributed by atoms with Crippen molar-refractivity contribution in [2.24, 2.45) is 0 Å². The molecule has 0 bridgehead atoms. The Morgan fingerprint density at radius 1 is 1.15 bits per heavy atom. The number of aliphatic hydroxyl groups is 1. The summed E-state index contributed by atoms with van der Waals surface area (Å²) in [5, 5.41) is 23.1. The summed E-state index contributed by atoms with van der Waals surface area (Å²) in [7, 11) is 0. The molecule has 0 unspecified atom stereocenters. The van der Waals surface area contributed by atoms with Crippen molar-refractivity contribution < 1.29 is 19.8 Å². The highest BCUT2D eigenvalue weighted by atomic mass is 16.4. The van der Waals surface area contributed by atoms with Crippen molar-refractivity contribution in [2.45, 2.75) is 38.8 Å². The standard InChI is InChI=1S/C14H20N2O4/c1-8(2)10-6-4-5-7-11(10)15-14(20)16-12(9(3)17)13(18)19/h4-9,12,17H,1-3H3,(H,18,19)(H2,15,16,20)/t9-,12+/m1/s1. The highest BCUT2D eigenvalue weighted by Gasteiger charge is 2.25. The van der Waals surface area contributed by atoms with Crippen molar-refractivity contribution in [1.29, 1.82) is 0 Å². The van der Waals surface area contributed by atoms with Gasteiger partial charge in [0.25, 0.3) is 0 Å². The fourth-order valence-electron chi connectivity index (χ4n) is 1.80. The second kappa shape index (κ2) is 6.91. The minimum absolute atomic E-state index is 0.221. The van der Waals surface area contributed by atoms with Gasteiger partial charge in [-0.15, -0.1) is 0 Å². The Labute approximate surface area is 117 Å². The average Bonchev–Trinajstić information content (AvgIpc) is 2.35. The summed E-state index contributed by atoms with van der Waals surface area (Å²) in [5.41, 5.74) is 1.57. The molecule has 0 radical (unpaired) electrons. The molecule has 110 valence electrons. The third-order valence-corrected chi connectivity index (χ3v) is 2.87. The molecular formula is C14H20N2O4. The number of carbonyl (C=O) groups is 2. The number of benzene rings is 1. The Balaban J connectivity index is 2.79. The summed E-state index contributed by atoms with van der Waals surface area (Å²) in [5.74, 6) is -1.06. The molecule has 2 atom stereocenters. The van der Waals surface area contributed by atoms with Gasteiger partial charge in [0, 0.05) is 5.69 Å². The maximum atomic E-state index is 11.8. The number of nitrogens with one attached hydrogen (secondary N) is 2. The summed E-state index contributed by atoms with van der Waals surface area (Å²) < 4.78 is 0. The van der Waals surface area contributed by atoms with Gasteiger partial charge in [0.2, 0.25) is 0 Å². The fraction of sp³-hybridized carbons (Fsp3) is 0.429. The van der Waals surface area contributed by atoms with E-state index in [1.165, 1.54) is 6.92 Å². The van der Waals surface area contributed by atoms with Crippen molar-refractivity contribution >= 4 is 17.7 Å². The van der Waals surface area contributed by atoms with Crippen molar-refractivity contribution in [2.75, 3.05) is 5.32 Å². The first-order valence-corrected chi connectivity index (χ1v) is 6.40. The summed E-state index contributed by atoms with van der Waals surface area (Å²) in [6, 6.07) is 5.28. The molecule has 1 rings (SSSR count). The first-order valence-electron chi connectivity index (χ1n) is 6.40. The van der Waals surface area contributed by atoms with E-state index in [-0.39, 0.29) is 5.92 Å². The smallest absolute Gasteiger partial charge is 0.328 e. The molecule has 2 amide bonds. The number of rotatable bonds is 5. The van der Waals surface area contributed by atoms with Crippen molar-refractivity contribution in [1.82, 2.24) is 5.32 Å². The Morgan fingerprint density at radius 3 is 2.25 bits per heavy atom. The normalized spacial score (nSPS) is 13.7. The van der Waals surface area contributed by atoms with Gasteiger partial charge in [-0.25, -0.2) is 9.59 Å². The molecule has 0 saturated carbocycles. The molecule has 0 spiro atoms. The van der Waals surface area contributed by atoms with Gasteiger partial charge in [-0.3, -0.25) is 0 Å². The van der Waals surface area contributed by atoms with Crippen LogP contribution in [0.2, 0.25) is 0 Å². The number of carboxylic acids is 1. The summed E-state index contributed by atoms with van der Waals surface area (Å²) in [4.78, 5) is 22.7. The zero-order chi connectivity index (χ0) is 15.3. The Hall–Kier alpha value is -2.08. The van der Waals surface area contributed by atoms with E-state index < -0.39 is 24.1 Å². The van der Waals surface area contributed by atoms with Crippen LogP contribution in [-0.2, 0) is 4.79 Å². The lowest BCUT2D eigenvalue weighted by molar-refractivity contribution is -0.141. The zero-order valence-corrected chi connectivity index (χ0v) is 11.8. The van der Waals surface area contributed by atoms with Crippen LogP contribution in [0.15, 0.2) is 24.3 Å². The molecule has 0 aliphatic rings. The van der Waals surface area contributed by atoms with Crippen LogP contribution < -0.4 is 10.6 Å². The van der Waals surface area contributed by atoms with Crippen LogP contribution in [-0.4, -0.2) is 34.4 Å². The number of aliphatic hydroxyl groups excluding tert-OH is 1. The third-order valence-electron chi connectivity index (χ3n) is 2.87. The topological polar surface area (TPSA) is 98.7 Å². The molecule has 0 heterocycles. The maximum absolute atomic E-state index is 11.8. The lowest BCUT2D eigenvalue weighted by Crippen LogP contribution is -2.49. The number of hydrogen-bond acceptors (Lipinski definition) is 3. The van der Waals surface area contributed by atoms with Gasteiger partial charge in [-0.05, 0) is 24.5 Å². The van der Waals surface area contributed by atoms with Crippen molar-refractivity contribution in [3.8, 4) is 0 Å². The largest absolute Gasteiger partial charge is 0.480 e. The van der Waals surface area contributed by atoms with Gasteiger partial charge in [0.05, 0.1) is 6.10 Å². The maximum Gasteiger partial charge on any atom is 0.328 e. The van der Waals surface area contributed by atoms with E-state index in [1.54, 1.807) is 12.1 Å². The molecule has 0 saturated heterocycles. The number of aliphatic carboxylic acids is 1. The zero-order valence-electron chi connectivity index (χ0n) is 11.8. The second-order valence-corrected chi connectivity index (χ2v) is 4.90. The van der Waals surface area contributed by atoms with Crippen LogP contribution in [0, 0.1) is 0 Å². The molecule has 0 aliphatic heterocycles. The van der Waals surface area contributed by atoms with Crippen LogP contribution in [0.4, 0.5) is 10.5 Å². The molecular weight excluding hydrogens is 260 g/mol. The molecule has 1 aromatic carbocycles. The highest BCUT2D eigenvalue weighted by molar-refractivity contribution is 5.93. The number of carboxylic acid groups (broad SMARTS) is 1. The van der Waals surface area contributed by atoms with E-state index in [0.717, 1.165) is 5.56 Å². The Kier molecular flexibility index (Phi) is 5.52. The number of anilines is 1. The van der Waals surface area contributed by atoms with E-state index in [1.807, 2.05) is 26.0 Å². The minimum Gasteiger partial charge on any atom is -0.480 e. The lowest BCUT2D eigenvalue weighted by Gasteiger charge is -2.19. The number of hydrogen-bond donors (Lipinski definition) is 4. The molecule has 1 aromatic rings. The van der Waals surface area contributed by atoms with E-state index in [0.29, 0.717) is 5.69 Å². The Bertz CT molecular complexity index is 486. The van der Waals surface area contributed by atoms with E-state index in [4.69, 9.17) is 5.11 Å².